The number of aromatic nitrogens is 3. The minimum absolute atomic E-state index is 0.0555. The third-order valence-electron chi connectivity index (χ3n) is 4.70. The van der Waals surface area contributed by atoms with E-state index in [-0.39, 0.29) is 5.91 Å². The molecule has 3 aromatic rings. The summed E-state index contributed by atoms with van der Waals surface area (Å²) in [5.41, 5.74) is 4.91. The van der Waals surface area contributed by atoms with Gasteiger partial charge in [-0.15, -0.1) is 0 Å². The van der Waals surface area contributed by atoms with Gasteiger partial charge in [0.2, 0.25) is 0 Å². The van der Waals surface area contributed by atoms with Gasteiger partial charge in [0.25, 0.3) is 5.91 Å². The summed E-state index contributed by atoms with van der Waals surface area (Å²) in [6, 6.07) is 8.10. The quantitative estimate of drug-likeness (QED) is 0.683. The molecule has 0 radical (unpaired) electrons. The van der Waals surface area contributed by atoms with Crippen LogP contribution in [0.25, 0.3) is 10.9 Å². The highest BCUT2D eigenvalue weighted by molar-refractivity contribution is 6.06. The van der Waals surface area contributed by atoms with Gasteiger partial charge in [-0.05, 0) is 55.5 Å². The number of fused-ring (bicyclic) bond motifs is 1. The molecule has 0 saturated carbocycles. The minimum atomic E-state index is 0.0555. The normalized spacial score (nSPS) is 11.1. The number of hydrogen-bond donors (Lipinski definition) is 0. The molecule has 0 aliphatic heterocycles. The smallest absolute Gasteiger partial charge is 0.254 e. The maximum atomic E-state index is 13.0. The van der Waals surface area contributed by atoms with Gasteiger partial charge >= 0.3 is 0 Å². The molecule has 5 nitrogen and oxygen atoms in total. The first-order chi connectivity index (χ1) is 12.5. The lowest BCUT2D eigenvalue weighted by Gasteiger charge is -2.18. The molecule has 0 saturated heterocycles. The Balaban J connectivity index is 1.77. The van der Waals surface area contributed by atoms with Crippen molar-refractivity contribution in [3.05, 3.63) is 59.0 Å². The molecule has 1 aromatic carbocycles. The highest BCUT2D eigenvalue weighted by Crippen LogP contribution is 2.22. The Morgan fingerprint density at radius 2 is 2.04 bits per heavy atom. The second-order valence-corrected chi connectivity index (χ2v) is 6.87. The number of carbonyl (C=O) groups is 1. The van der Waals surface area contributed by atoms with Gasteiger partial charge in [-0.3, -0.25) is 14.5 Å². The van der Waals surface area contributed by atoms with Crippen LogP contribution in [0.2, 0.25) is 0 Å². The van der Waals surface area contributed by atoms with E-state index < -0.39 is 0 Å². The summed E-state index contributed by atoms with van der Waals surface area (Å²) >= 11 is 0. The van der Waals surface area contributed by atoms with E-state index in [4.69, 9.17) is 0 Å². The molecule has 0 unspecified atom stereocenters. The van der Waals surface area contributed by atoms with E-state index in [0.717, 1.165) is 41.4 Å². The van der Waals surface area contributed by atoms with Gasteiger partial charge in [0.15, 0.2) is 0 Å². The average Bonchev–Trinajstić information content (AvgIpc) is 3.05. The molecule has 1 amide bonds. The van der Waals surface area contributed by atoms with E-state index in [9.17, 15) is 4.79 Å². The SMILES string of the molecule is CCc1ccc2nc(C)cc(C(=O)N(C)CCCc3cnn(C)c3)c2c1. The van der Waals surface area contributed by atoms with Crippen LogP contribution in [-0.2, 0) is 19.9 Å². The third-order valence-corrected chi connectivity index (χ3v) is 4.70. The largest absolute Gasteiger partial charge is 0.342 e. The average molecular weight is 350 g/mol. The molecular formula is C21H26N4O. The molecule has 2 aromatic heterocycles. The van der Waals surface area contributed by atoms with Crippen LogP contribution in [0.1, 0.15) is 40.5 Å². The summed E-state index contributed by atoms with van der Waals surface area (Å²) in [7, 11) is 3.79. The molecule has 0 spiro atoms. The molecular weight excluding hydrogens is 324 g/mol. The van der Waals surface area contributed by atoms with Crippen LogP contribution < -0.4 is 0 Å². The van der Waals surface area contributed by atoms with Crippen molar-refractivity contribution in [1.82, 2.24) is 19.7 Å². The number of carbonyl (C=O) groups excluding carboxylic acids is 1. The molecule has 136 valence electrons. The highest BCUT2D eigenvalue weighted by atomic mass is 16.2. The molecule has 3 rings (SSSR count). The number of amides is 1. The van der Waals surface area contributed by atoms with Gasteiger partial charge < -0.3 is 4.90 Å². The summed E-state index contributed by atoms with van der Waals surface area (Å²) < 4.78 is 1.81. The van der Waals surface area contributed by atoms with Crippen LogP contribution in [0, 0.1) is 6.92 Å². The molecule has 2 heterocycles. The molecule has 0 aliphatic rings. The highest BCUT2D eigenvalue weighted by Gasteiger charge is 2.16. The van der Waals surface area contributed by atoms with E-state index in [1.165, 1.54) is 11.1 Å². The van der Waals surface area contributed by atoms with Crippen LogP contribution >= 0.6 is 0 Å². The third kappa shape index (κ3) is 3.93. The predicted octanol–water partition coefficient (Wildman–Crippen LogP) is 3.54. The predicted molar refractivity (Wildman–Crippen MR) is 104 cm³/mol. The molecule has 5 heteroatoms. The topological polar surface area (TPSA) is 51.0 Å². The number of nitrogens with zero attached hydrogens (tertiary/aromatic N) is 4. The van der Waals surface area contributed by atoms with Crippen molar-refractivity contribution < 1.29 is 4.79 Å². The fraction of sp³-hybridized carbons (Fsp3) is 0.381. The van der Waals surface area contributed by atoms with Crippen molar-refractivity contribution in [1.29, 1.82) is 0 Å². The molecule has 0 aliphatic carbocycles. The van der Waals surface area contributed by atoms with E-state index in [0.29, 0.717) is 6.54 Å². The van der Waals surface area contributed by atoms with Crippen LogP contribution in [0.15, 0.2) is 36.7 Å². The Labute approximate surface area is 154 Å². The van der Waals surface area contributed by atoms with Crippen LogP contribution in [0.4, 0.5) is 0 Å². The number of pyridine rings is 1. The molecule has 0 atom stereocenters. The van der Waals surface area contributed by atoms with Crippen molar-refractivity contribution in [2.75, 3.05) is 13.6 Å². The van der Waals surface area contributed by atoms with Gasteiger partial charge in [-0.1, -0.05) is 13.0 Å². The van der Waals surface area contributed by atoms with Crippen LogP contribution in [-0.4, -0.2) is 39.2 Å². The van der Waals surface area contributed by atoms with Gasteiger partial charge in [-0.25, -0.2) is 0 Å². The number of aryl methyl sites for hydroxylation is 4. The van der Waals surface area contributed by atoms with E-state index in [1.54, 1.807) is 4.68 Å². The maximum absolute atomic E-state index is 13.0. The summed E-state index contributed by atoms with van der Waals surface area (Å²) in [6.07, 6.45) is 6.68. The summed E-state index contributed by atoms with van der Waals surface area (Å²) in [4.78, 5) is 19.4. The summed E-state index contributed by atoms with van der Waals surface area (Å²) in [5.74, 6) is 0.0555. The zero-order valence-electron chi connectivity index (χ0n) is 16.0. The minimum Gasteiger partial charge on any atom is -0.342 e. The van der Waals surface area contributed by atoms with Crippen molar-refractivity contribution in [2.45, 2.75) is 33.1 Å². The Morgan fingerprint density at radius 3 is 2.73 bits per heavy atom. The zero-order chi connectivity index (χ0) is 18.7. The van der Waals surface area contributed by atoms with E-state index in [1.807, 2.05) is 50.4 Å². The lowest BCUT2D eigenvalue weighted by Crippen LogP contribution is -2.28. The Hall–Kier alpha value is -2.69. The fourth-order valence-corrected chi connectivity index (χ4v) is 3.23. The molecule has 0 N–H and O–H groups in total. The van der Waals surface area contributed by atoms with Crippen LogP contribution in [0.3, 0.4) is 0 Å². The monoisotopic (exact) mass is 350 g/mol. The molecule has 0 bridgehead atoms. The maximum Gasteiger partial charge on any atom is 0.254 e. The first-order valence-electron chi connectivity index (χ1n) is 9.11. The first-order valence-corrected chi connectivity index (χ1v) is 9.11. The Kier molecular flexibility index (Phi) is 5.35. The van der Waals surface area contributed by atoms with Crippen molar-refractivity contribution in [3.8, 4) is 0 Å². The zero-order valence-corrected chi connectivity index (χ0v) is 16.0. The first kappa shape index (κ1) is 18.1. The van der Waals surface area contributed by atoms with Crippen molar-refractivity contribution >= 4 is 16.8 Å². The van der Waals surface area contributed by atoms with Gasteiger partial charge in [-0.2, -0.15) is 5.10 Å². The molecule has 0 fully saturated rings. The van der Waals surface area contributed by atoms with Crippen LogP contribution in [0.5, 0.6) is 0 Å². The Bertz CT molecular complexity index is 929. The van der Waals surface area contributed by atoms with E-state index >= 15 is 0 Å². The summed E-state index contributed by atoms with van der Waals surface area (Å²) in [5, 5.41) is 5.13. The van der Waals surface area contributed by atoms with Crippen molar-refractivity contribution in [2.24, 2.45) is 7.05 Å². The molecule has 26 heavy (non-hydrogen) atoms. The van der Waals surface area contributed by atoms with Gasteiger partial charge in [0.05, 0.1) is 17.3 Å². The lowest BCUT2D eigenvalue weighted by atomic mass is 10.0. The second kappa shape index (κ2) is 7.68. The standard InChI is InChI=1S/C21H26N4O/c1-5-16-8-9-20-18(12-16)19(11-15(2)23-20)21(26)24(3)10-6-7-17-13-22-25(4)14-17/h8-9,11-14H,5-7,10H2,1-4H3. The van der Waals surface area contributed by atoms with Gasteiger partial charge in [0.1, 0.15) is 0 Å². The van der Waals surface area contributed by atoms with Gasteiger partial charge in [0, 0.05) is 37.9 Å². The van der Waals surface area contributed by atoms with E-state index in [2.05, 4.69) is 29.1 Å². The lowest BCUT2D eigenvalue weighted by molar-refractivity contribution is 0.0795. The number of rotatable bonds is 6. The number of benzene rings is 1. The fourth-order valence-electron chi connectivity index (χ4n) is 3.23. The second-order valence-electron chi connectivity index (χ2n) is 6.87. The van der Waals surface area contributed by atoms with Crippen molar-refractivity contribution in [3.63, 3.8) is 0 Å². The summed E-state index contributed by atoms with van der Waals surface area (Å²) in [6.45, 7) is 4.77. The number of hydrogen-bond acceptors (Lipinski definition) is 3. The Morgan fingerprint density at radius 1 is 1.23 bits per heavy atom.